The number of aryl methyl sites for hydroxylation is 2. The van der Waals surface area contributed by atoms with Gasteiger partial charge in [0.25, 0.3) is 0 Å². The fraction of sp³-hybridized carbons (Fsp3) is 0.182. The van der Waals surface area contributed by atoms with Crippen molar-refractivity contribution in [1.29, 1.82) is 0 Å². The third-order valence-electron chi connectivity index (χ3n) is 2.04. The highest BCUT2D eigenvalue weighted by atomic mass is 19.1. The molecular weight excluding hydrogens is 181 g/mol. The SMILES string of the molecule is Cc1cnc(-c2cccc(C)c2F)o1. The quantitative estimate of drug-likeness (QED) is 0.692. The zero-order chi connectivity index (χ0) is 10.1. The van der Waals surface area contributed by atoms with Crippen LogP contribution in [0.3, 0.4) is 0 Å². The first-order chi connectivity index (χ1) is 6.68. The summed E-state index contributed by atoms with van der Waals surface area (Å²) in [7, 11) is 0. The maximum atomic E-state index is 13.6. The van der Waals surface area contributed by atoms with Crippen molar-refractivity contribution in [3.05, 3.63) is 41.5 Å². The van der Waals surface area contributed by atoms with Gasteiger partial charge in [-0.2, -0.15) is 0 Å². The Morgan fingerprint density at radius 2 is 2.07 bits per heavy atom. The van der Waals surface area contributed by atoms with E-state index in [1.165, 1.54) is 0 Å². The van der Waals surface area contributed by atoms with E-state index in [1.54, 1.807) is 38.2 Å². The lowest BCUT2D eigenvalue weighted by Crippen LogP contribution is -1.87. The number of aromatic nitrogens is 1. The fourth-order valence-corrected chi connectivity index (χ4v) is 1.29. The summed E-state index contributed by atoms with van der Waals surface area (Å²) in [5.74, 6) is 0.749. The predicted octanol–water partition coefficient (Wildman–Crippen LogP) is 3.10. The molecular formula is C11H10FNO. The zero-order valence-electron chi connectivity index (χ0n) is 8.04. The average Bonchev–Trinajstić information content (AvgIpc) is 2.57. The van der Waals surface area contributed by atoms with Crippen molar-refractivity contribution in [3.63, 3.8) is 0 Å². The van der Waals surface area contributed by atoms with Gasteiger partial charge in [-0.3, -0.25) is 0 Å². The highest BCUT2D eigenvalue weighted by molar-refractivity contribution is 5.55. The Hall–Kier alpha value is -1.64. The maximum Gasteiger partial charge on any atom is 0.229 e. The second-order valence-electron chi connectivity index (χ2n) is 3.21. The Balaban J connectivity index is 2.57. The molecule has 0 unspecified atom stereocenters. The molecule has 0 N–H and O–H groups in total. The highest BCUT2D eigenvalue weighted by Gasteiger charge is 2.11. The average molecular weight is 191 g/mol. The van der Waals surface area contributed by atoms with E-state index in [4.69, 9.17) is 4.42 Å². The summed E-state index contributed by atoms with van der Waals surface area (Å²) in [5, 5.41) is 0. The van der Waals surface area contributed by atoms with E-state index in [0.717, 1.165) is 0 Å². The van der Waals surface area contributed by atoms with E-state index < -0.39 is 0 Å². The van der Waals surface area contributed by atoms with Gasteiger partial charge < -0.3 is 4.42 Å². The predicted molar refractivity (Wildman–Crippen MR) is 51.4 cm³/mol. The number of rotatable bonds is 1. The van der Waals surface area contributed by atoms with E-state index in [-0.39, 0.29) is 5.82 Å². The van der Waals surface area contributed by atoms with Crippen molar-refractivity contribution in [2.24, 2.45) is 0 Å². The molecule has 2 aromatic rings. The molecule has 0 fully saturated rings. The van der Waals surface area contributed by atoms with Crippen LogP contribution in [0.4, 0.5) is 4.39 Å². The van der Waals surface area contributed by atoms with Crippen molar-refractivity contribution >= 4 is 0 Å². The molecule has 0 aliphatic carbocycles. The van der Waals surface area contributed by atoms with Gasteiger partial charge >= 0.3 is 0 Å². The Bertz CT molecular complexity index is 462. The number of halogens is 1. The van der Waals surface area contributed by atoms with Crippen LogP contribution in [0.25, 0.3) is 11.5 Å². The summed E-state index contributed by atoms with van der Waals surface area (Å²) < 4.78 is 18.9. The summed E-state index contributed by atoms with van der Waals surface area (Å²) in [6.45, 7) is 3.50. The third kappa shape index (κ3) is 1.41. The summed E-state index contributed by atoms with van der Waals surface area (Å²) in [5.41, 5.74) is 1.01. The van der Waals surface area contributed by atoms with Crippen molar-refractivity contribution in [2.45, 2.75) is 13.8 Å². The Morgan fingerprint density at radius 1 is 1.29 bits per heavy atom. The summed E-state index contributed by atoms with van der Waals surface area (Å²) in [4.78, 5) is 3.98. The van der Waals surface area contributed by atoms with Crippen molar-refractivity contribution < 1.29 is 8.81 Å². The number of benzene rings is 1. The van der Waals surface area contributed by atoms with Gasteiger partial charge in [-0.25, -0.2) is 9.37 Å². The van der Waals surface area contributed by atoms with Gasteiger partial charge in [0.15, 0.2) is 0 Å². The topological polar surface area (TPSA) is 26.0 Å². The Morgan fingerprint density at radius 3 is 2.71 bits per heavy atom. The molecule has 72 valence electrons. The highest BCUT2D eigenvalue weighted by Crippen LogP contribution is 2.23. The summed E-state index contributed by atoms with van der Waals surface area (Å²) >= 11 is 0. The van der Waals surface area contributed by atoms with Crippen LogP contribution < -0.4 is 0 Å². The second-order valence-corrected chi connectivity index (χ2v) is 3.21. The molecule has 2 nitrogen and oxygen atoms in total. The van der Waals surface area contributed by atoms with E-state index in [0.29, 0.717) is 22.8 Å². The smallest absolute Gasteiger partial charge is 0.229 e. The second kappa shape index (κ2) is 3.25. The normalized spacial score (nSPS) is 10.5. The molecule has 2 rings (SSSR count). The first-order valence-corrected chi connectivity index (χ1v) is 4.36. The molecule has 0 aliphatic rings. The number of nitrogens with zero attached hydrogens (tertiary/aromatic N) is 1. The number of hydrogen-bond donors (Lipinski definition) is 0. The molecule has 0 spiro atoms. The van der Waals surface area contributed by atoms with E-state index in [9.17, 15) is 4.39 Å². The van der Waals surface area contributed by atoms with Crippen LogP contribution >= 0.6 is 0 Å². The molecule has 0 atom stereocenters. The Labute approximate surface area is 81.4 Å². The van der Waals surface area contributed by atoms with E-state index >= 15 is 0 Å². The minimum Gasteiger partial charge on any atom is -0.441 e. The zero-order valence-corrected chi connectivity index (χ0v) is 8.04. The standard InChI is InChI=1S/C11H10FNO/c1-7-4-3-5-9(10(7)12)11-13-6-8(2)14-11/h3-6H,1-2H3. The van der Waals surface area contributed by atoms with Crippen LogP contribution in [-0.2, 0) is 0 Å². The van der Waals surface area contributed by atoms with Crippen LogP contribution in [0.5, 0.6) is 0 Å². The summed E-state index contributed by atoms with van der Waals surface area (Å²) in [6.07, 6.45) is 1.58. The molecule has 0 bridgehead atoms. The van der Waals surface area contributed by atoms with E-state index in [2.05, 4.69) is 4.98 Å². The largest absolute Gasteiger partial charge is 0.441 e. The molecule has 0 aliphatic heterocycles. The van der Waals surface area contributed by atoms with Gasteiger partial charge in [-0.15, -0.1) is 0 Å². The van der Waals surface area contributed by atoms with Gasteiger partial charge in [0, 0.05) is 0 Å². The summed E-state index contributed by atoms with van der Waals surface area (Å²) in [6, 6.07) is 5.16. The molecule has 1 aromatic heterocycles. The number of hydrogen-bond acceptors (Lipinski definition) is 2. The van der Waals surface area contributed by atoms with Crippen LogP contribution in [0.1, 0.15) is 11.3 Å². The minimum atomic E-state index is -0.269. The van der Waals surface area contributed by atoms with Crippen LogP contribution in [-0.4, -0.2) is 4.98 Å². The van der Waals surface area contributed by atoms with Crippen LogP contribution in [0.2, 0.25) is 0 Å². The van der Waals surface area contributed by atoms with Gasteiger partial charge in [0.05, 0.1) is 11.8 Å². The third-order valence-corrected chi connectivity index (χ3v) is 2.04. The molecule has 0 saturated heterocycles. The lowest BCUT2D eigenvalue weighted by molar-refractivity contribution is 0.534. The monoisotopic (exact) mass is 191 g/mol. The molecule has 0 amide bonds. The van der Waals surface area contributed by atoms with Crippen LogP contribution in [0, 0.1) is 19.7 Å². The van der Waals surface area contributed by atoms with Gasteiger partial charge in [0.1, 0.15) is 11.6 Å². The molecule has 0 saturated carbocycles. The first kappa shape index (κ1) is 8.94. The minimum absolute atomic E-state index is 0.269. The van der Waals surface area contributed by atoms with Crippen LogP contribution in [0.15, 0.2) is 28.8 Å². The lowest BCUT2D eigenvalue weighted by Gasteiger charge is -2.00. The molecule has 1 aromatic carbocycles. The van der Waals surface area contributed by atoms with Gasteiger partial charge in [0.2, 0.25) is 5.89 Å². The molecule has 1 heterocycles. The van der Waals surface area contributed by atoms with Crippen molar-refractivity contribution in [1.82, 2.24) is 4.98 Å². The van der Waals surface area contributed by atoms with Gasteiger partial charge in [-0.05, 0) is 25.5 Å². The van der Waals surface area contributed by atoms with Crippen molar-refractivity contribution in [3.8, 4) is 11.5 Å². The van der Waals surface area contributed by atoms with Gasteiger partial charge in [-0.1, -0.05) is 12.1 Å². The van der Waals surface area contributed by atoms with E-state index in [1.807, 2.05) is 0 Å². The maximum absolute atomic E-state index is 13.6. The fourth-order valence-electron chi connectivity index (χ4n) is 1.29. The molecule has 0 radical (unpaired) electrons. The lowest BCUT2D eigenvalue weighted by atomic mass is 10.1. The van der Waals surface area contributed by atoms with Crippen molar-refractivity contribution in [2.75, 3.05) is 0 Å². The molecule has 14 heavy (non-hydrogen) atoms. The number of oxazole rings is 1. The molecule has 3 heteroatoms. The first-order valence-electron chi connectivity index (χ1n) is 4.36. The Kier molecular flexibility index (Phi) is 2.08.